The molecule has 1 aliphatic heterocycles. The first-order chi connectivity index (χ1) is 14.5. The summed E-state index contributed by atoms with van der Waals surface area (Å²) in [6, 6.07) is 10.8. The monoisotopic (exact) mass is 428 g/mol. The van der Waals surface area contributed by atoms with E-state index in [4.69, 9.17) is 16.1 Å². The number of aryl methyl sites for hydroxylation is 1. The lowest BCUT2D eigenvalue weighted by Crippen LogP contribution is -2.49. The van der Waals surface area contributed by atoms with Crippen LogP contribution in [-0.4, -0.2) is 58.5 Å². The minimum Gasteiger partial charge on any atom is -0.366 e. The third kappa shape index (κ3) is 4.37. The highest BCUT2D eigenvalue weighted by Crippen LogP contribution is 2.23. The molecule has 0 atom stereocenters. The molecular formula is C20H21ClN6O3. The Labute approximate surface area is 177 Å². The number of carbonyl (C=O) groups excluding carboxylic acids is 1. The molecule has 1 saturated heterocycles. The lowest BCUT2D eigenvalue weighted by atomic mass is 10.2. The Morgan fingerprint density at radius 3 is 2.60 bits per heavy atom. The molecule has 3 aromatic rings. The van der Waals surface area contributed by atoms with Crippen molar-refractivity contribution in [3.63, 3.8) is 0 Å². The molecular weight excluding hydrogens is 408 g/mol. The number of hydrogen-bond donors (Lipinski definition) is 1. The predicted octanol–water partition coefficient (Wildman–Crippen LogP) is 1.94. The van der Waals surface area contributed by atoms with Crippen molar-refractivity contribution in [1.29, 1.82) is 0 Å². The van der Waals surface area contributed by atoms with Crippen molar-refractivity contribution in [1.82, 2.24) is 19.8 Å². The molecule has 0 saturated carbocycles. The normalized spacial score (nSPS) is 14.7. The Morgan fingerprint density at radius 2 is 1.93 bits per heavy atom. The van der Waals surface area contributed by atoms with E-state index in [9.17, 15) is 9.59 Å². The summed E-state index contributed by atoms with van der Waals surface area (Å²) < 4.78 is 6.23. The maximum absolute atomic E-state index is 12.7. The van der Waals surface area contributed by atoms with E-state index < -0.39 is 0 Å². The molecule has 1 fully saturated rings. The van der Waals surface area contributed by atoms with E-state index in [1.165, 1.54) is 4.68 Å². The van der Waals surface area contributed by atoms with Gasteiger partial charge in [0.25, 0.3) is 5.56 Å². The fraction of sp³-hybridized carbons (Fsp3) is 0.300. The van der Waals surface area contributed by atoms with Crippen molar-refractivity contribution in [2.24, 2.45) is 0 Å². The summed E-state index contributed by atoms with van der Waals surface area (Å²) in [5.74, 6) is 0.897. The standard InChI is InChI=1S/C20H21ClN6O3/c1-14-11-17(24-30-14)23-18(28)13-25-7-9-26(10-8-25)16-12-22-27(20(29)19(16)21)15-5-3-2-4-6-15/h2-6,11-12H,7-10,13H2,1H3,(H,23,24,28). The molecule has 0 unspecified atom stereocenters. The number of nitrogens with one attached hydrogen (secondary N) is 1. The fourth-order valence-corrected chi connectivity index (χ4v) is 3.60. The molecule has 0 aliphatic carbocycles. The summed E-state index contributed by atoms with van der Waals surface area (Å²) in [7, 11) is 0. The molecule has 9 nitrogen and oxygen atoms in total. The summed E-state index contributed by atoms with van der Waals surface area (Å²) in [5.41, 5.74) is 0.912. The highest BCUT2D eigenvalue weighted by Gasteiger charge is 2.23. The van der Waals surface area contributed by atoms with Crippen molar-refractivity contribution in [2.75, 3.05) is 42.9 Å². The van der Waals surface area contributed by atoms with Crippen molar-refractivity contribution in [3.8, 4) is 5.69 Å². The van der Waals surface area contributed by atoms with Gasteiger partial charge in [0, 0.05) is 32.2 Å². The Balaban J connectivity index is 1.37. The van der Waals surface area contributed by atoms with Gasteiger partial charge in [0.2, 0.25) is 5.91 Å². The Morgan fingerprint density at radius 1 is 1.20 bits per heavy atom. The van der Waals surface area contributed by atoms with E-state index in [1.807, 2.05) is 28.0 Å². The van der Waals surface area contributed by atoms with Gasteiger partial charge in [0.05, 0.1) is 24.1 Å². The minimum atomic E-state index is -0.356. The van der Waals surface area contributed by atoms with Crippen LogP contribution in [0.2, 0.25) is 5.02 Å². The third-order valence-electron chi connectivity index (χ3n) is 4.88. The van der Waals surface area contributed by atoms with Crippen LogP contribution in [0.25, 0.3) is 5.69 Å². The second kappa shape index (κ2) is 8.68. The van der Waals surface area contributed by atoms with Gasteiger partial charge in [-0.05, 0) is 19.1 Å². The molecule has 1 N–H and O–H groups in total. The van der Waals surface area contributed by atoms with Crippen LogP contribution in [0.1, 0.15) is 5.76 Å². The Kier molecular flexibility index (Phi) is 5.82. The smallest absolute Gasteiger partial charge is 0.292 e. The number of piperazine rings is 1. The number of rotatable bonds is 5. The largest absolute Gasteiger partial charge is 0.366 e. The number of carbonyl (C=O) groups is 1. The van der Waals surface area contributed by atoms with Gasteiger partial charge in [0.1, 0.15) is 10.8 Å². The highest BCUT2D eigenvalue weighted by molar-refractivity contribution is 6.33. The number of benzene rings is 1. The van der Waals surface area contributed by atoms with Gasteiger partial charge in [-0.1, -0.05) is 35.0 Å². The van der Waals surface area contributed by atoms with Crippen LogP contribution in [-0.2, 0) is 4.79 Å². The maximum Gasteiger partial charge on any atom is 0.292 e. The lowest BCUT2D eigenvalue weighted by Gasteiger charge is -2.35. The Hall–Kier alpha value is -3.17. The molecule has 30 heavy (non-hydrogen) atoms. The van der Waals surface area contributed by atoms with Gasteiger partial charge in [-0.3, -0.25) is 14.5 Å². The van der Waals surface area contributed by atoms with E-state index in [2.05, 4.69) is 15.6 Å². The molecule has 1 aromatic carbocycles. The van der Waals surface area contributed by atoms with Crippen LogP contribution in [0.15, 0.2) is 51.9 Å². The quantitative estimate of drug-likeness (QED) is 0.663. The van der Waals surface area contributed by atoms with Crippen LogP contribution in [0, 0.1) is 6.92 Å². The molecule has 156 valence electrons. The maximum atomic E-state index is 12.7. The molecule has 1 amide bonds. The van der Waals surface area contributed by atoms with Crippen LogP contribution >= 0.6 is 11.6 Å². The first-order valence-corrected chi connectivity index (χ1v) is 9.93. The summed E-state index contributed by atoms with van der Waals surface area (Å²) >= 11 is 6.39. The molecule has 2 aromatic heterocycles. The SMILES string of the molecule is Cc1cc(NC(=O)CN2CCN(c3cnn(-c4ccccc4)c(=O)c3Cl)CC2)no1. The summed E-state index contributed by atoms with van der Waals surface area (Å²) in [6.45, 7) is 4.59. The van der Waals surface area contributed by atoms with E-state index in [0.717, 1.165) is 0 Å². The third-order valence-corrected chi connectivity index (χ3v) is 5.23. The van der Waals surface area contributed by atoms with E-state index in [0.29, 0.717) is 49.1 Å². The molecule has 0 radical (unpaired) electrons. The summed E-state index contributed by atoms with van der Waals surface area (Å²) in [6.07, 6.45) is 1.62. The van der Waals surface area contributed by atoms with Crippen molar-refractivity contribution in [2.45, 2.75) is 6.92 Å². The average molecular weight is 429 g/mol. The van der Waals surface area contributed by atoms with Crippen LogP contribution < -0.4 is 15.8 Å². The summed E-state index contributed by atoms with van der Waals surface area (Å²) in [5, 5.41) is 10.9. The number of aromatic nitrogens is 3. The van der Waals surface area contributed by atoms with Gasteiger partial charge in [-0.15, -0.1) is 0 Å². The average Bonchev–Trinajstić information content (AvgIpc) is 3.16. The van der Waals surface area contributed by atoms with E-state index >= 15 is 0 Å². The molecule has 0 bridgehead atoms. The van der Waals surface area contributed by atoms with Crippen molar-refractivity contribution in [3.05, 3.63) is 63.7 Å². The second-order valence-electron chi connectivity index (χ2n) is 7.03. The molecule has 3 heterocycles. The van der Waals surface area contributed by atoms with E-state index in [1.54, 1.807) is 31.3 Å². The fourth-order valence-electron chi connectivity index (χ4n) is 3.36. The first kappa shape index (κ1) is 20.1. The van der Waals surface area contributed by atoms with Gasteiger partial charge < -0.3 is 14.7 Å². The first-order valence-electron chi connectivity index (χ1n) is 9.55. The topological polar surface area (TPSA) is 96.5 Å². The number of anilines is 2. The minimum absolute atomic E-state index is 0.140. The van der Waals surface area contributed by atoms with E-state index in [-0.39, 0.29) is 23.0 Å². The zero-order valence-corrected chi connectivity index (χ0v) is 17.2. The van der Waals surface area contributed by atoms with Gasteiger partial charge in [-0.25, -0.2) is 0 Å². The number of halogens is 1. The van der Waals surface area contributed by atoms with Crippen molar-refractivity contribution >= 4 is 29.0 Å². The van der Waals surface area contributed by atoms with Gasteiger partial charge in [-0.2, -0.15) is 9.78 Å². The Bertz CT molecular complexity index is 1090. The van der Waals surface area contributed by atoms with Gasteiger partial charge in [0.15, 0.2) is 5.82 Å². The number of hydrogen-bond acceptors (Lipinski definition) is 7. The number of amides is 1. The zero-order chi connectivity index (χ0) is 21.1. The van der Waals surface area contributed by atoms with Crippen LogP contribution in [0.4, 0.5) is 11.5 Å². The zero-order valence-electron chi connectivity index (χ0n) is 16.4. The molecule has 10 heteroatoms. The van der Waals surface area contributed by atoms with Crippen LogP contribution in [0.3, 0.4) is 0 Å². The molecule has 1 aliphatic rings. The van der Waals surface area contributed by atoms with Gasteiger partial charge >= 0.3 is 0 Å². The van der Waals surface area contributed by atoms with Crippen molar-refractivity contribution < 1.29 is 9.32 Å². The second-order valence-corrected chi connectivity index (χ2v) is 7.41. The predicted molar refractivity (Wildman–Crippen MR) is 113 cm³/mol. The number of nitrogens with zero attached hydrogens (tertiary/aromatic N) is 5. The highest BCUT2D eigenvalue weighted by atomic mass is 35.5. The van der Waals surface area contributed by atoms with Crippen LogP contribution in [0.5, 0.6) is 0 Å². The lowest BCUT2D eigenvalue weighted by molar-refractivity contribution is -0.117. The molecule has 4 rings (SSSR count). The number of para-hydroxylation sites is 1. The summed E-state index contributed by atoms with van der Waals surface area (Å²) in [4.78, 5) is 28.9. The molecule has 0 spiro atoms.